The van der Waals surface area contributed by atoms with Crippen molar-refractivity contribution in [1.29, 1.82) is 0 Å². The first-order chi connectivity index (χ1) is 10.0. The van der Waals surface area contributed by atoms with Crippen molar-refractivity contribution in [2.24, 2.45) is 0 Å². The molecule has 0 bridgehead atoms. The van der Waals surface area contributed by atoms with E-state index in [2.05, 4.69) is 5.32 Å². The van der Waals surface area contributed by atoms with Gasteiger partial charge >= 0.3 is 0 Å². The average molecular weight is 292 g/mol. The Labute approximate surface area is 124 Å². The van der Waals surface area contributed by atoms with Crippen molar-refractivity contribution in [2.75, 3.05) is 27.3 Å². The first-order valence-corrected chi connectivity index (χ1v) is 6.84. The van der Waals surface area contributed by atoms with E-state index in [4.69, 9.17) is 9.47 Å². The number of amides is 2. The molecule has 114 valence electrons. The molecule has 2 rings (SSSR count). The number of nitrogens with one attached hydrogen (secondary N) is 1. The fourth-order valence-corrected chi connectivity index (χ4v) is 2.36. The van der Waals surface area contributed by atoms with Crippen LogP contribution in [-0.4, -0.2) is 50.1 Å². The van der Waals surface area contributed by atoms with Crippen LogP contribution < -0.4 is 14.8 Å². The molecule has 0 radical (unpaired) electrons. The highest BCUT2D eigenvalue weighted by Gasteiger charge is 2.28. The zero-order chi connectivity index (χ0) is 15.4. The maximum Gasteiger partial charge on any atom is 0.245 e. The van der Waals surface area contributed by atoms with Gasteiger partial charge in [0.15, 0.2) is 11.5 Å². The first kappa shape index (κ1) is 15.2. The van der Waals surface area contributed by atoms with Crippen molar-refractivity contribution in [3.8, 4) is 11.5 Å². The van der Waals surface area contributed by atoms with Crippen LogP contribution in [0.5, 0.6) is 11.5 Å². The molecule has 6 heteroatoms. The van der Waals surface area contributed by atoms with Crippen LogP contribution in [0.15, 0.2) is 18.2 Å². The maximum absolute atomic E-state index is 12.0. The second kappa shape index (κ2) is 6.47. The van der Waals surface area contributed by atoms with Crippen LogP contribution in [-0.2, 0) is 16.0 Å². The molecule has 1 aromatic rings. The van der Waals surface area contributed by atoms with Gasteiger partial charge in [-0.1, -0.05) is 6.07 Å². The number of hydrogen-bond donors (Lipinski definition) is 1. The second-order valence-electron chi connectivity index (χ2n) is 4.99. The fraction of sp³-hybridized carbons (Fsp3) is 0.467. The molecule has 21 heavy (non-hydrogen) atoms. The molecule has 1 aliphatic rings. The van der Waals surface area contributed by atoms with Crippen molar-refractivity contribution in [3.63, 3.8) is 0 Å². The zero-order valence-corrected chi connectivity index (χ0v) is 12.5. The zero-order valence-electron chi connectivity index (χ0n) is 12.5. The summed E-state index contributed by atoms with van der Waals surface area (Å²) in [5.74, 6) is 1.17. The van der Waals surface area contributed by atoms with Crippen LogP contribution in [0.3, 0.4) is 0 Å². The normalized spacial score (nSPS) is 18.4. The number of benzene rings is 1. The molecular formula is C15H20N2O4. The van der Waals surface area contributed by atoms with Gasteiger partial charge in [-0.15, -0.1) is 0 Å². The third-order valence-corrected chi connectivity index (χ3v) is 3.51. The lowest BCUT2D eigenvalue weighted by atomic mass is 10.1. The minimum absolute atomic E-state index is 0.0462. The summed E-state index contributed by atoms with van der Waals surface area (Å²) in [7, 11) is 3.17. The summed E-state index contributed by atoms with van der Waals surface area (Å²) in [6.45, 7) is 2.32. The van der Waals surface area contributed by atoms with Crippen LogP contribution in [0.4, 0.5) is 0 Å². The van der Waals surface area contributed by atoms with Crippen LogP contribution in [0, 0.1) is 0 Å². The molecule has 1 aromatic carbocycles. The average Bonchev–Trinajstić information content (AvgIpc) is 2.49. The molecular weight excluding hydrogens is 272 g/mol. The molecule has 1 saturated heterocycles. The van der Waals surface area contributed by atoms with Gasteiger partial charge in [0.2, 0.25) is 11.8 Å². The van der Waals surface area contributed by atoms with E-state index in [1.54, 1.807) is 26.0 Å². The summed E-state index contributed by atoms with van der Waals surface area (Å²) in [5.41, 5.74) is 1.03. The predicted molar refractivity (Wildman–Crippen MR) is 77.4 cm³/mol. The molecule has 0 aromatic heterocycles. The van der Waals surface area contributed by atoms with Gasteiger partial charge in [-0.25, -0.2) is 0 Å². The summed E-state index contributed by atoms with van der Waals surface area (Å²) in [4.78, 5) is 25.0. The number of nitrogens with zero attached hydrogens (tertiary/aromatic N) is 1. The fourth-order valence-electron chi connectivity index (χ4n) is 2.36. The monoisotopic (exact) mass is 292 g/mol. The van der Waals surface area contributed by atoms with E-state index in [1.165, 1.54) is 0 Å². The molecule has 0 spiro atoms. The summed E-state index contributed by atoms with van der Waals surface area (Å²) >= 11 is 0. The van der Waals surface area contributed by atoms with Crippen molar-refractivity contribution < 1.29 is 19.1 Å². The number of piperazine rings is 1. The third kappa shape index (κ3) is 3.45. The SMILES string of the molecule is COc1ccc(CCN2CC(=O)NC(C)C2=O)cc1OC. The smallest absolute Gasteiger partial charge is 0.245 e. The molecule has 0 saturated carbocycles. The van der Waals surface area contributed by atoms with Crippen LogP contribution >= 0.6 is 0 Å². The van der Waals surface area contributed by atoms with Crippen LogP contribution in [0.2, 0.25) is 0 Å². The Balaban J connectivity index is 2.02. The van der Waals surface area contributed by atoms with Crippen molar-refractivity contribution in [2.45, 2.75) is 19.4 Å². The highest BCUT2D eigenvalue weighted by molar-refractivity contribution is 5.94. The van der Waals surface area contributed by atoms with E-state index in [-0.39, 0.29) is 18.4 Å². The first-order valence-electron chi connectivity index (χ1n) is 6.84. The lowest BCUT2D eigenvalue weighted by molar-refractivity contribution is -0.143. The Kier molecular flexibility index (Phi) is 4.67. The molecule has 6 nitrogen and oxygen atoms in total. The summed E-state index contributed by atoms with van der Waals surface area (Å²) in [5, 5.41) is 2.62. The number of hydrogen-bond acceptors (Lipinski definition) is 4. The topological polar surface area (TPSA) is 67.9 Å². The Morgan fingerprint density at radius 2 is 1.95 bits per heavy atom. The summed E-state index contributed by atoms with van der Waals surface area (Å²) in [6, 6.07) is 5.20. The highest BCUT2D eigenvalue weighted by Crippen LogP contribution is 2.27. The Morgan fingerprint density at radius 1 is 1.24 bits per heavy atom. The highest BCUT2D eigenvalue weighted by atomic mass is 16.5. The summed E-state index contributed by atoms with van der Waals surface area (Å²) < 4.78 is 10.4. The Hall–Kier alpha value is -2.24. The van der Waals surface area contributed by atoms with Gasteiger partial charge < -0.3 is 19.7 Å². The molecule has 1 atom stereocenters. The number of ether oxygens (including phenoxy) is 2. The predicted octanol–water partition coefficient (Wildman–Crippen LogP) is 0.593. The van der Waals surface area contributed by atoms with E-state index in [0.29, 0.717) is 24.5 Å². The van der Waals surface area contributed by atoms with Crippen LogP contribution in [0.1, 0.15) is 12.5 Å². The van der Waals surface area contributed by atoms with Gasteiger partial charge in [0, 0.05) is 6.54 Å². The van der Waals surface area contributed by atoms with E-state index in [9.17, 15) is 9.59 Å². The lowest BCUT2D eigenvalue weighted by Gasteiger charge is -2.30. The van der Waals surface area contributed by atoms with Crippen LogP contribution in [0.25, 0.3) is 0 Å². The third-order valence-electron chi connectivity index (χ3n) is 3.51. The Morgan fingerprint density at radius 3 is 2.62 bits per heavy atom. The van der Waals surface area contributed by atoms with Gasteiger partial charge in [0.05, 0.1) is 20.8 Å². The molecule has 0 aliphatic carbocycles. The molecule has 1 unspecified atom stereocenters. The van der Waals surface area contributed by atoms with Gasteiger partial charge in [-0.2, -0.15) is 0 Å². The minimum atomic E-state index is -0.448. The quantitative estimate of drug-likeness (QED) is 0.862. The van der Waals surface area contributed by atoms with Gasteiger partial charge in [-0.3, -0.25) is 9.59 Å². The molecule has 1 heterocycles. The number of rotatable bonds is 5. The molecule has 1 N–H and O–H groups in total. The van der Waals surface area contributed by atoms with E-state index in [1.807, 2.05) is 18.2 Å². The number of carbonyl (C=O) groups excluding carboxylic acids is 2. The van der Waals surface area contributed by atoms with Crippen molar-refractivity contribution in [3.05, 3.63) is 23.8 Å². The lowest BCUT2D eigenvalue weighted by Crippen LogP contribution is -2.57. The minimum Gasteiger partial charge on any atom is -0.493 e. The Bertz CT molecular complexity index is 544. The summed E-state index contributed by atoms with van der Waals surface area (Å²) in [6.07, 6.45) is 0.659. The van der Waals surface area contributed by atoms with Gasteiger partial charge in [-0.05, 0) is 31.0 Å². The van der Waals surface area contributed by atoms with Crippen molar-refractivity contribution in [1.82, 2.24) is 10.2 Å². The molecule has 1 aliphatic heterocycles. The molecule has 1 fully saturated rings. The van der Waals surface area contributed by atoms with E-state index < -0.39 is 6.04 Å². The largest absolute Gasteiger partial charge is 0.493 e. The van der Waals surface area contributed by atoms with Gasteiger partial charge in [0.1, 0.15) is 6.04 Å². The second-order valence-corrected chi connectivity index (χ2v) is 4.99. The standard InChI is InChI=1S/C15H20N2O4/c1-10-15(19)17(9-14(18)16-10)7-6-11-4-5-12(20-2)13(8-11)21-3/h4-5,8,10H,6-7,9H2,1-3H3,(H,16,18). The van der Waals surface area contributed by atoms with E-state index >= 15 is 0 Å². The maximum atomic E-state index is 12.0. The van der Waals surface area contributed by atoms with Crippen molar-refractivity contribution >= 4 is 11.8 Å². The number of carbonyl (C=O) groups is 2. The number of methoxy groups -OCH3 is 2. The van der Waals surface area contributed by atoms with Gasteiger partial charge in [0.25, 0.3) is 0 Å². The van der Waals surface area contributed by atoms with E-state index in [0.717, 1.165) is 5.56 Å². The molecule has 2 amide bonds.